The Hall–Kier alpha value is -2.36. The van der Waals surface area contributed by atoms with Gasteiger partial charge in [-0.2, -0.15) is 0 Å². The Bertz CT molecular complexity index is 639. The normalized spacial score (nSPS) is 10.4. The first-order chi connectivity index (χ1) is 10.0. The van der Waals surface area contributed by atoms with Crippen LogP contribution in [0, 0.1) is 13.8 Å². The molecule has 0 unspecified atom stereocenters. The van der Waals surface area contributed by atoms with Gasteiger partial charge < -0.3 is 10.0 Å². The summed E-state index contributed by atoms with van der Waals surface area (Å²) in [5, 5.41) is 9.48. The summed E-state index contributed by atoms with van der Waals surface area (Å²) in [6, 6.07) is 11.8. The summed E-state index contributed by atoms with van der Waals surface area (Å²) >= 11 is 0. The molecular formula is C17H20N2O2. The number of rotatable bonds is 5. The van der Waals surface area contributed by atoms with E-state index in [9.17, 15) is 9.90 Å². The Balaban J connectivity index is 2.44. The van der Waals surface area contributed by atoms with Crippen LogP contribution < -0.4 is 4.90 Å². The molecule has 2 aromatic rings. The summed E-state index contributed by atoms with van der Waals surface area (Å²) in [5.74, 6) is -0.382. The van der Waals surface area contributed by atoms with Gasteiger partial charge in [0.15, 0.2) is 0 Å². The Morgan fingerprint density at radius 2 is 1.90 bits per heavy atom. The van der Waals surface area contributed by atoms with E-state index in [1.54, 1.807) is 0 Å². The van der Waals surface area contributed by atoms with Crippen molar-refractivity contribution in [3.63, 3.8) is 0 Å². The predicted molar refractivity (Wildman–Crippen MR) is 83.8 cm³/mol. The summed E-state index contributed by atoms with van der Waals surface area (Å²) in [7, 11) is 0. The van der Waals surface area contributed by atoms with E-state index in [2.05, 4.69) is 4.98 Å². The summed E-state index contributed by atoms with van der Waals surface area (Å²) < 4.78 is 0. The van der Waals surface area contributed by atoms with Gasteiger partial charge in [-0.3, -0.25) is 0 Å². The van der Waals surface area contributed by atoms with E-state index in [0.717, 1.165) is 16.8 Å². The van der Waals surface area contributed by atoms with Crippen LogP contribution in [-0.4, -0.2) is 22.6 Å². The standard InChI is InChI=1S/C17H20N2O2/c1-4-19(11-14-8-6-5-7-9-14)16-15(17(20)21)12(2)10-13(3)18-16/h5-10H,4,11H2,1-3H3,(H,20,21). The lowest BCUT2D eigenvalue weighted by atomic mass is 10.1. The van der Waals surface area contributed by atoms with Crippen LogP contribution >= 0.6 is 0 Å². The Morgan fingerprint density at radius 3 is 2.48 bits per heavy atom. The molecule has 1 heterocycles. The van der Waals surface area contributed by atoms with Crippen molar-refractivity contribution in [2.75, 3.05) is 11.4 Å². The predicted octanol–water partition coefficient (Wildman–Crippen LogP) is 3.42. The second-order valence-electron chi connectivity index (χ2n) is 5.08. The van der Waals surface area contributed by atoms with Crippen LogP contribution in [0.4, 0.5) is 5.82 Å². The van der Waals surface area contributed by atoms with Crippen LogP contribution in [0.25, 0.3) is 0 Å². The van der Waals surface area contributed by atoms with E-state index < -0.39 is 5.97 Å². The molecule has 4 nitrogen and oxygen atoms in total. The monoisotopic (exact) mass is 284 g/mol. The molecule has 110 valence electrons. The number of pyridine rings is 1. The quantitative estimate of drug-likeness (QED) is 0.914. The zero-order valence-corrected chi connectivity index (χ0v) is 12.6. The number of carboxylic acids is 1. The Morgan fingerprint density at radius 1 is 1.24 bits per heavy atom. The van der Waals surface area contributed by atoms with Gasteiger partial charge in [0.25, 0.3) is 0 Å². The molecule has 0 radical (unpaired) electrons. The van der Waals surface area contributed by atoms with Crippen LogP contribution in [0.1, 0.15) is 34.1 Å². The molecule has 0 amide bonds. The minimum Gasteiger partial charge on any atom is -0.478 e. The van der Waals surface area contributed by atoms with Crippen molar-refractivity contribution in [3.05, 3.63) is 58.8 Å². The van der Waals surface area contributed by atoms with E-state index in [-0.39, 0.29) is 0 Å². The van der Waals surface area contributed by atoms with Crippen molar-refractivity contribution in [1.82, 2.24) is 4.98 Å². The summed E-state index contributed by atoms with van der Waals surface area (Å²) in [4.78, 5) is 18.0. The van der Waals surface area contributed by atoms with Crippen molar-refractivity contribution in [2.24, 2.45) is 0 Å². The van der Waals surface area contributed by atoms with Gasteiger partial charge in [-0.15, -0.1) is 0 Å². The highest BCUT2D eigenvalue weighted by molar-refractivity contribution is 5.95. The first-order valence-electron chi connectivity index (χ1n) is 7.03. The molecule has 0 saturated heterocycles. The first kappa shape index (κ1) is 15.0. The van der Waals surface area contributed by atoms with Crippen LogP contribution in [0.3, 0.4) is 0 Å². The fourth-order valence-corrected chi connectivity index (χ4v) is 2.45. The fraction of sp³-hybridized carbons (Fsp3) is 0.294. The second-order valence-corrected chi connectivity index (χ2v) is 5.08. The topological polar surface area (TPSA) is 53.4 Å². The van der Waals surface area contributed by atoms with Crippen molar-refractivity contribution < 1.29 is 9.90 Å². The highest BCUT2D eigenvalue weighted by atomic mass is 16.4. The van der Waals surface area contributed by atoms with Crippen LogP contribution in [-0.2, 0) is 6.54 Å². The van der Waals surface area contributed by atoms with Gasteiger partial charge in [-0.1, -0.05) is 30.3 Å². The van der Waals surface area contributed by atoms with Gasteiger partial charge in [0.1, 0.15) is 11.4 Å². The van der Waals surface area contributed by atoms with E-state index in [1.807, 2.05) is 62.1 Å². The van der Waals surface area contributed by atoms with Crippen LogP contribution in [0.2, 0.25) is 0 Å². The summed E-state index contributed by atoms with van der Waals surface area (Å²) in [6.07, 6.45) is 0. The van der Waals surface area contributed by atoms with E-state index in [1.165, 1.54) is 0 Å². The number of carboxylic acid groups (broad SMARTS) is 1. The number of hydrogen-bond donors (Lipinski definition) is 1. The number of carbonyl (C=O) groups is 1. The zero-order valence-electron chi connectivity index (χ0n) is 12.6. The van der Waals surface area contributed by atoms with Crippen molar-refractivity contribution in [3.8, 4) is 0 Å². The Kier molecular flexibility index (Phi) is 4.58. The van der Waals surface area contributed by atoms with Gasteiger partial charge in [0.2, 0.25) is 0 Å². The molecule has 2 rings (SSSR count). The summed E-state index contributed by atoms with van der Waals surface area (Å²) in [6.45, 7) is 7.06. The van der Waals surface area contributed by atoms with Gasteiger partial charge in [-0.05, 0) is 38.0 Å². The number of aromatic nitrogens is 1. The summed E-state index contributed by atoms with van der Waals surface area (Å²) in [5.41, 5.74) is 3.01. The molecule has 21 heavy (non-hydrogen) atoms. The van der Waals surface area contributed by atoms with E-state index in [0.29, 0.717) is 24.5 Å². The molecule has 0 aliphatic heterocycles. The molecule has 1 N–H and O–H groups in total. The average molecular weight is 284 g/mol. The molecule has 0 saturated carbocycles. The first-order valence-corrected chi connectivity index (χ1v) is 7.03. The largest absolute Gasteiger partial charge is 0.478 e. The SMILES string of the molecule is CCN(Cc1ccccc1)c1nc(C)cc(C)c1C(=O)O. The number of aromatic carboxylic acids is 1. The number of hydrogen-bond acceptors (Lipinski definition) is 3. The third-order valence-electron chi connectivity index (χ3n) is 3.44. The smallest absolute Gasteiger partial charge is 0.339 e. The Labute approximate surface area is 125 Å². The van der Waals surface area contributed by atoms with Gasteiger partial charge in [0.05, 0.1) is 0 Å². The maximum absolute atomic E-state index is 11.6. The van der Waals surface area contributed by atoms with Crippen LogP contribution in [0.5, 0.6) is 0 Å². The minimum atomic E-state index is -0.929. The van der Waals surface area contributed by atoms with Crippen LogP contribution in [0.15, 0.2) is 36.4 Å². The van der Waals surface area contributed by atoms with Gasteiger partial charge in [0, 0.05) is 18.8 Å². The van der Waals surface area contributed by atoms with E-state index >= 15 is 0 Å². The number of anilines is 1. The lowest BCUT2D eigenvalue weighted by Crippen LogP contribution is -2.26. The zero-order chi connectivity index (χ0) is 15.4. The third kappa shape index (κ3) is 3.40. The van der Waals surface area contributed by atoms with Crippen molar-refractivity contribution in [1.29, 1.82) is 0 Å². The highest BCUT2D eigenvalue weighted by Gasteiger charge is 2.20. The maximum atomic E-state index is 11.6. The fourth-order valence-electron chi connectivity index (χ4n) is 2.45. The molecule has 0 aliphatic rings. The van der Waals surface area contributed by atoms with Crippen molar-refractivity contribution >= 4 is 11.8 Å². The lowest BCUT2D eigenvalue weighted by molar-refractivity contribution is 0.0696. The van der Waals surface area contributed by atoms with Gasteiger partial charge >= 0.3 is 5.97 Å². The number of benzene rings is 1. The molecule has 0 bridgehead atoms. The van der Waals surface area contributed by atoms with Crippen molar-refractivity contribution in [2.45, 2.75) is 27.3 Å². The molecule has 0 atom stereocenters. The number of nitrogens with zero attached hydrogens (tertiary/aromatic N) is 2. The maximum Gasteiger partial charge on any atom is 0.339 e. The average Bonchev–Trinajstić information content (AvgIpc) is 2.44. The molecule has 0 fully saturated rings. The molecule has 4 heteroatoms. The second kappa shape index (κ2) is 6.39. The van der Waals surface area contributed by atoms with E-state index in [4.69, 9.17) is 0 Å². The molecule has 1 aromatic carbocycles. The molecular weight excluding hydrogens is 264 g/mol. The molecule has 0 spiro atoms. The molecule has 1 aromatic heterocycles. The highest BCUT2D eigenvalue weighted by Crippen LogP contribution is 2.24. The van der Waals surface area contributed by atoms with Gasteiger partial charge in [-0.25, -0.2) is 9.78 Å². The third-order valence-corrected chi connectivity index (χ3v) is 3.44. The molecule has 0 aliphatic carbocycles. The lowest BCUT2D eigenvalue weighted by Gasteiger charge is -2.25. The number of aryl methyl sites for hydroxylation is 2. The minimum absolute atomic E-state index is 0.290.